The van der Waals surface area contributed by atoms with E-state index in [-0.39, 0.29) is 72.2 Å². The number of rotatable bonds is 9. The number of carbonyl (C=O) groups excluding carboxylic acids is 4. The maximum atomic E-state index is 13.3. The van der Waals surface area contributed by atoms with Gasteiger partial charge in [-0.3, -0.25) is 18.8 Å². The van der Waals surface area contributed by atoms with E-state index >= 15 is 0 Å². The molecule has 11 nitrogen and oxygen atoms in total. The lowest BCUT2D eigenvalue weighted by atomic mass is 9.77. The number of hydrogen-bond donors (Lipinski definition) is 2. The van der Waals surface area contributed by atoms with Gasteiger partial charge in [0.15, 0.2) is 12.4 Å². The maximum absolute atomic E-state index is 13.3. The highest BCUT2D eigenvalue weighted by Crippen LogP contribution is 2.51. The first kappa shape index (κ1) is 28.6. The molecule has 5 heterocycles. The quantitative estimate of drug-likeness (QED) is 0.0654. The van der Waals surface area contributed by atoms with E-state index in [0.29, 0.717) is 20.8 Å². The number of primary amides is 1. The zero-order valence-electron chi connectivity index (χ0n) is 21.1. The molecule has 2 aliphatic heterocycles. The van der Waals surface area contributed by atoms with Gasteiger partial charge in [0, 0.05) is 23.8 Å². The van der Waals surface area contributed by atoms with Gasteiger partial charge >= 0.3 is 5.97 Å². The Morgan fingerprint density at radius 2 is 2.13 bits per heavy atom. The fourth-order valence-electron chi connectivity index (χ4n) is 5.24. The van der Waals surface area contributed by atoms with Crippen LogP contribution in [0.3, 0.4) is 0 Å². The van der Waals surface area contributed by atoms with Crippen LogP contribution in [0.2, 0.25) is 0 Å². The van der Waals surface area contributed by atoms with Gasteiger partial charge in [0.25, 0.3) is 5.91 Å². The van der Waals surface area contributed by atoms with E-state index < -0.39 is 23.9 Å². The molecule has 1 saturated heterocycles. The van der Waals surface area contributed by atoms with Crippen molar-refractivity contribution in [2.24, 2.45) is 17.6 Å². The number of imidazole rings is 1. The summed E-state index contributed by atoms with van der Waals surface area (Å²) in [5, 5.41) is 10.2. The zero-order chi connectivity index (χ0) is 27.3. The van der Waals surface area contributed by atoms with Crippen molar-refractivity contribution in [2.75, 3.05) is 6.61 Å². The third-order valence-electron chi connectivity index (χ3n) is 6.85. The number of aromatic nitrogens is 3. The van der Waals surface area contributed by atoms with Crippen LogP contribution in [-0.2, 0) is 25.7 Å². The molecule has 0 aliphatic carbocycles. The Balaban J connectivity index is 0.00000353. The van der Waals surface area contributed by atoms with Gasteiger partial charge in [-0.25, -0.2) is 9.78 Å². The van der Waals surface area contributed by atoms with E-state index in [1.807, 2.05) is 6.92 Å². The van der Waals surface area contributed by atoms with Gasteiger partial charge in [0.1, 0.15) is 29.2 Å². The van der Waals surface area contributed by atoms with Crippen LogP contribution in [0.1, 0.15) is 34.8 Å². The molecular weight excluding hydrogens is 637 g/mol. The number of ketones is 1. The fraction of sp³-hybridized carbons (Fsp3) is 0.308. The molecule has 13 heteroatoms. The van der Waals surface area contributed by atoms with E-state index in [0.717, 1.165) is 0 Å². The number of nitrogens with two attached hydrogens (primary N) is 1. The third kappa shape index (κ3) is 4.78. The first-order chi connectivity index (χ1) is 18.1. The van der Waals surface area contributed by atoms with E-state index in [1.54, 1.807) is 35.9 Å². The van der Waals surface area contributed by atoms with Gasteiger partial charge in [-0.2, -0.15) is 4.57 Å². The Bertz CT molecular complexity index is 1540. The topological polar surface area (TPSA) is 148 Å². The molecule has 4 atom stereocenters. The summed E-state index contributed by atoms with van der Waals surface area (Å²) in [5.74, 6) is -2.74. The van der Waals surface area contributed by atoms with Crippen LogP contribution >= 0.6 is 11.3 Å². The average Bonchev–Trinajstić information content (AvgIpc) is 3.51. The van der Waals surface area contributed by atoms with Gasteiger partial charge in [0.2, 0.25) is 18.2 Å². The van der Waals surface area contributed by atoms with Crippen LogP contribution in [-0.4, -0.2) is 61.7 Å². The third-order valence-corrected chi connectivity index (χ3v) is 7.99. The molecule has 2 aliphatic rings. The molecule has 5 rings (SSSR count). The van der Waals surface area contributed by atoms with Crippen LogP contribution in [0, 0.1) is 11.8 Å². The number of carbonyl (C=O) groups is 4. The van der Waals surface area contributed by atoms with E-state index in [1.165, 1.54) is 39.4 Å². The Hall–Kier alpha value is -3.43. The Morgan fingerprint density at radius 3 is 2.79 bits per heavy atom. The number of β-lactam (4-membered cyclic amide) rings is 1. The standard InChI is InChI=1S/C26H25N5O6S.HI/c1-4-8-37-26(36)22-18(13(2)21-19(14(3)32)24(35)31(21)22)16-10-30-12-28-20(25(30)38-16)23(34)15-6-5-7-29(9-15)11-17(27)33;/h4-7,9-10,12-14,19,21,32H,1,8,11H2,2-3H3,(H-,27,33);1H/t13-,14+,19+,21+;/m0./s1. The number of amides is 2. The van der Waals surface area contributed by atoms with Crippen molar-refractivity contribution >= 4 is 45.3 Å². The first-order valence-electron chi connectivity index (χ1n) is 12.0. The number of esters is 1. The predicted molar refractivity (Wildman–Crippen MR) is 135 cm³/mol. The normalized spacial score (nSPS) is 20.7. The smallest absolute Gasteiger partial charge is 0.355 e. The predicted octanol–water partition coefficient (Wildman–Crippen LogP) is -2.30. The first-order valence-corrected chi connectivity index (χ1v) is 12.8. The molecule has 39 heavy (non-hydrogen) atoms. The molecule has 0 spiro atoms. The summed E-state index contributed by atoms with van der Waals surface area (Å²) in [4.78, 5) is 57.6. The molecule has 0 aromatic carbocycles. The second-order valence-corrected chi connectivity index (χ2v) is 10.4. The van der Waals surface area contributed by atoms with Crippen molar-refractivity contribution < 1.29 is 57.6 Å². The summed E-state index contributed by atoms with van der Waals surface area (Å²) in [6, 6.07) is 2.89. The van der Waals surface area contributed by atoms with Gasteiger partial charge in [-0.05, 0) is 13.0 Å². The van der Waals surface area contributed by atoms with Crippen molar-refractivity contribution in [1.29, 1.82) is 0 Å². The van der Waals surface area contributed by atoms with E-state index in [2.05, 4.69) is 11.6 Å². The minimum absolute atomic E-state index is 0. The minimum Gasteiger partial charge on any atom is -1.00 e. The number of ether oxygens (including phenoxy) is 1. The number of aliphatic hydroxyl groups excluding tert-OH is 1. The molecule has 0 radical (unpaired) electrons. The molecule has 0 unspecified atom stereocenters. The number of nitrogens with zero attached hydrogens (tertiary/aromatic N) is 4. The summed E-state index contributed by atoms with van der Waals surface area (Å²) < 4.78 is 8.53. The number of hydrogen-bond acceptors (Lipinski definition) is 8. The van der Waals surface area contributed by atoms with Crippen molar-refractivity contribution in [1.82, 2.24) is 14.3 Å². The molecule has 2 amide bonds. The molecule has 3 aromatic rings. The lowest BCUT2D eigenvalue weighted by Gasteiger charge is -2.46. The number of halogens is 1. The van der Waals surface area contributed by atoms with Crippen molar-refractivity contribution in [3.8, 4) is 0 Å². The van der Waals surface area contributed by atoms with Crippen LogP contribution in [0.5, 0.6) is 0 Å². The second-order valence-electron chi connectivity index (χ2n) is 9.36. The molecule has 0 saturated carbocycles. The van der Waals surface area contributed by atoms with E-state index in [4.69, 9.17) is 10.5 Å². The molecule has 204 valence electrons. The minimum atomic E-state index is -0.869. The Kier molecular flexibility index (Phi) is 8.04. The van der Waals surface area contributed by atoms with Crippen LogP contribution < -0.4 is 34.3 Å². The summed E-state index contributed by atoms with van der Waals surface area (Å²) in [7, 11) is 0. The largest absolute Gasteiger partial charge is 1.00 e. The van der Waals surface area contributed by atoms with Gasteiger partial charge in [-0.1, -0.05) is 19.6 Å². The lowest BCUT2D eigenvalue weighted by molar-refractivity contribution is -0.684. The van der Waals surface area contributed by atoms with Crippen LogP contribution in [0.15, 0.2) is 55.4 Å². The summed E-state index contributed by atoms with van der Waals surface area (Å²) >= 11 is 1.27. The lowest BCUT2D eigenvalue weighted by Crippen LogP contribution is -3.00. The summed E-state index contributed by atoms with van der Waals surface area (Å²) in [6.07, 6.45) is 7.03. The number of fused-ring (bicyclic) bond motifs is 2. The van der Waals surface area contributed by atoms with Crippen molar-refractivity contribution in [3.63, 3.8) is 0 Å². The van der Waals surface area contributed by atoms with Gasteiger partial charge < -0.3 is 44.5 Å². The summed E-state index contributed by atoms with van der Waals surface area (Å²) in [5.41, 5.74) is 6.58. The SMILES string of the molecule is C=CCOC(=O)C1=C(c2cn3cnc(C(=O)c4ccc[n+](CC(N)=O)c4)c3s2)[C@H](C)[C@@H]2[C@@H]([C@@H](C)O)C(=O)N12.[I-]. The number of pyridine rings is 1. The monoisotopic (exact) mass is 663 g/mol. The highest BCUT2D eigenvalue weighted by molar-refractivity contribution is 7.18. The second kappa shape index (κ2) is 11.0. The zero-order valence-corrected chi connectivity index (χ0v) is 24.1. The average molecular weight is 663 g/mol. The number of aliphatic hydroxyl groups is 1. The van der Waals surface area contributed by atoms with Crippen LogP contribution in [0.25, 0.3) is 10.4 Å². The highest BCUT2D eigenvalue weighted by Gasteiger charge is 2.60. The maximum Gasteiger partial charge on any atom is 0.355 e. The van der Waals surface area contributed by atoms with Gasteiger partial charge in [0.05, 0.1) is 28.5 Å². The molecule has 3 aromatic heterocycles. The van der Waals surface area contributed by atoms with Crippen molar-refractivity contribution in [2.45, 2.75) is 32.5 Å². The molecule has 0 bridgehead atoms. The van der Waals surface area contributed by atoms with Crippen molar-refractivity contribution in [3.05, 3.63) is 71.5 Å². The molecule has 1 fully saturated rings. The summed E-state index contributed by atoms with van der Waals surface area (Å²) in [6.45, 7) is 6.96. The molecular formula is C26H26IN5O6S. The highest BCUT2D eigenvalue weighted by atomic mass is 127. The Labute approximate surface area is 244 Å². The van der Waals surface area contributed by atoms with Crippen LogP contribution in [0.4, 0.5) is 0 Å². The van der Waals surface area contributed by atoms with Gasteiger partial charge in [-0.15, -0.1) is 11.3 Å². The fourth-order valence-corrected chi connectivity index (χ4v) is 6.45. The molecule has 3 N–H and O–H groups in total. The number of thiazole rings is 1. The Morgan fingerprint density at radius 1 is 1.38 bits per heavy atom. The van der Waals surface area contributed by atoms with E-state index in [9.17, 15) is 24.3 Å².